The third kappa shape index (κ3) is 3.30. The molecular formula is C14H18O3. The van der Waals surface area contributed by atoms with Gasteiger partial charge in [-0.3, -0.25) is 4.79 Å². The maximum Gasteiger partial charge on any atom is 0.162 e. The summed E-state index contributed by atoms with van der Waals surface area (Å²) in [5.41, 5.74) is 0.754. The minimum absolute atomic E-state index is 0.183. The molecular weight excluding hydrogens is 216 g/mol. The Morgan fingerprint density at radius 1 is 1.41 bits per heavy atom. The zero-order valence-corrected chi connectivity index (χ0v) is 10.1. The van der Waals surface area contributed by atoms with Crippen molar-refractivity contribution in [3.63, 3.8) is 0 Å². The van der Waals surface area contributed by atoms with Crippen LogP contribution >= 0.6 is 0 Å². The molecule has 3 heteroatoms. The fourth-order valence-corrected chi connectivity index (χ4v) is 2.09. The second-order valence-corrected chi connectivity index (χ2v) is 4.33. The van der Waals surface area contributed by atoms with Crippen molar-refractivity contribution >= 4 is 5.78 Å². The monoisotopic (exact) mass is 234 g/mol. The Morgan fingerprint density at radius 3 is 2.76 bits per heavy atom. The first-order valence-corrected chi connectivity index (χ1v) is 6.08. The van der Waals surface area contributed by atoms with Crippen LogP contribution in [-0.4, -0.2) is 25.6 Å². The van der Waals surface area contributed by atoms with Gasteiger partial charge in [-0.05, 0) is 43.5 Å². The van der Waals surface area contributed by atoms with E-state index >= 15 is 0 Å². The normalized spacial score (nSPS) is 19.2. The predicted molar refractivity (Wildman–Crippen MR) is 65.5 cm³/mol. The van der Waals surface area contributed by atoms with Gasteiger partial charge in [0.05, 0.1) is 13.2 Å². The molecule has 1 fully saturated rings. The lowest BCUT2D eigenvalue weighted by Crippen LogP contribution is -2.08. The fourth-order valence-electron chi connectivity index (χ4n) is 2.09. The van der Waals surface area contributed by atoms with Crippen LogP contribution in [0.25, 0.3) is 0 Å². The highest BCUT2D eigenvalue weighted by Crippen LogP contribution is 2.19. The smallest absolute Gasteiger partial charge is 0.162 e. The molecule has 0 bridgehead atoms. The van der Waals surface area contributed by atoms with E-state index in [1.165, 1.54) is 0 Å². The Morgan fingerprint density at radius 2 is 2.18 bits per heavy atom. The first kappa shape index (κ1) is 12.1. The van der Waals surface area contributed by atoms with E-state index in [0.29, 0.717) is 6.42 Å². The molecule has 1 unspecified atom stereocenters. The molecule has 0 saturated carbocycles. The van der Waals surface area contributed by atoms with Crippen LogP contribution < -0.4 is 4.74 Å². The molecule has 1 aliphatic heterocycles. The van der Waals surface area contributed by atoms with Gasteiger partial charge in [0.1, 0.15) is 5.75 Å². The van der Waals surface area contributed by atoms with Crippen LogP contribution in [-0.2, 0) is 4.74 Å². The van der Waals surface area contributed by atoms with Gasteiger partial charge in [-0.2, -0.15) is 0 Å². The van der Waals surface area contributed by atoms with Crippen LogP contribution in [0.5, 0.6) is 5.75 Å². The largest absolute Gasteiger partial charge is 0.497 e. The highest BCUT2D eigenvalue weighted by Gasteiger charge is 2.17. The van der Waals surface area contributed by atoms with Crippen molar-refractivity contribution in [2.45, 2.75) is 31.8 Å². The van der Waals surface area contributed by atoms with E-state index in [0.717, 1.165) is 37.2 Å². The van der Waals surface area contributed by atoms with Gasteiger partial charge in [0, 0.05) is 18.6 Å². The molecule has 0 spiro atoms. The number of methoxy groups -OCH3 is 1. The zero-order chi connectivity index (χ0) is 12.1. The van der Waals surface area contributed by atoms with Gasteiger partial charge in [-0.15, -0.1) is 0 Å². The molecule has 2 rings (SSSR count). The Labute approximate surface area is 102 Å². The van der Waals surface area contributed by atoms with E-state index in [2.05, 4.69) is 0 Å². The Bertz CT molecular complexity index is 364. The Kier molecular flexibility index (Phi) is 4.15. The van der Waals surface area contributed by atoms with E-state index in [-0.39, 0.29) is 11.9 Å². The van der Waals surface area contributed by atoms with E-state index in [9.17, 15) is 4.79 Å². The quantitative estimate of drug-likeness (QED) is 0.735. The second-order valence-electron chi connectivity index (χ2n) is 4.33. The van der Waals surface area contributed by atoms with Crippen LogP contribution in [0.2, 0.25) is 0 Å². The highest BCUT2D eigenvalue weighted by atomic mass is 16.5. The third-order valence-electron chi connectivity index (χ3n) is 3.13. The SMILES string of the molecule is COc1ccc(C(=O)CCC2CCCO2)cc1. The number of hydrogen-bond donors (Lipinski definition) is 0. The van der Waals surface area contributed by atoms with Gasteiger partial charge in [-0.1, -0.05) is 0 Å². The van der Waals surface area contributed by atoms with Gasteiger partial charge in [0.25, 0.3) is 0 Å². The first-order valence-electron chi connectivity index (χ1n) is 6.08. The summed E-state index contributed by atoms with van der Waals surface area (Å²) in [6.45, 7) is 0.849. The fraction of sp³-hybridized carbons (Fsp3) is 0.500. The number of ether oxygens (including phenoxy) is 2. The van der Waals surface area contributed by atoms with Crippen molar-refractivity contribution < 1.29 is 14.3 Å². The number of carbonyl (C=O) groups excluding carboxylic acids is 1. The summed E-state index contributed by atoms with van der Waals surface area (Å²) < 4.78 is 10.6. The lowest BCUT2D eigenvalue weighted by molar-refractivity contribution is 0.0859. The summed E-state index contributed by atoms with van der Waals surface area (Å²) in [4.78, 5) is 11.9. The standard InChI is InChI=1S/C14H18O3/c1-16-12-6-4-11(5-7-12)14(15)9-8-13-3-2-10-17-13/h4-7,13H,2-3,8-10H2,1H3. The molecule has 17 heavy (non-hydrogen) atoms. The number of rotatable bonds is 5. The molecule has 92 valence electrons. The summed E-state index contributed by atoms with van der Waals surface area (Å²) in [5.74, 6) is 0.962. The van der Waals surface area contributed by atoms with Crippen molar-refractivity contribution in [1.82, 2.24) is 0 Å². The van der Waals surface area contributed by atoms with E-state index < -0.39 is 0 Å². The number of benzene rings is 1. The molecule has 0 aromatic heterocycles. The second kappa shape index (κ2) is 5.82. The van der Waals surface area contributed by atoms with Gasteiger partial charge in [0.15, 0.2) is 5.78 Å². The summed E-state index contributed by atoms with van der Waals surface area (Å²) >= 11 is 0. The van der Waals surface area contributed by atoms with E-state index in [1.54, 1.807) is 7.11 Å². The van der Waals surface area contributed by atoms with Crippen molar-refractivity contribution in [2.24, 2.45) is 0 Å². The minimum atomic E-state index is 0.183. The van der Waals surface area contributed by atoms with Gasteiger partial charge in [0.2, 0.25) is 0 Å². The minimum Gasteiger partial charge on any atom is -0.497 e. The summed E-state index contributed by atoms with van der Waals surface area (Å²) in [5, 5.41) is 0. The number of carbonyl (C=O) groups is 1. The molecule has 0 aliphatic carbocycles. The van der Waals surface area contributed by atoms with Crippen molar-refractivity contribution in [3.8, 4) is 5.75 Å². The number of ketones is 1. The van der Waals surface area contributed by atoms with E-state index in [4.69, 9.17) is 9.47 Å². The van der Waals surface area contributed by atoms with E-state index in [1.807, 2.05) is 24.3 Å². The van der Waals surface area contributed by atoms with Crippen LogP contribution in [0.15, 0.2) is 24.3 Å². The van der Waals surface area contributed by atoms with Crippen LogP contribution in [0.1, 0.15) is 36.0 Å². The molecule has 1 saturated heterocycles. The summed E-state index contributed by atoms with van der Waals surface area (Å²) in [6.07, 6.45) is 3.91. The Hall–Kier alpha value is -1.35. The van der Waals surface area contributed by atoms with Gasteiger partial charge in [-0.25, -0.2) is 0 Å². The lowest BCUT2D eigenvalue weighted by atomic mass is 10.0. The Balaban J connectivity index is 1.85. The molecule has 1 heterocycles. The molecule has 3 nitrogen and oxygen atoms in total. The summed E-state index contributed by atoms with van der Waals surface area (Å²) in [7, 11) is 1.62. The average Bonchev–Trinajstić information content (AvgIpc) is 2.89. The molecule has 0 N–H and O–H groups in total. The summed E-state index contributed by atoms with van der Waals surface area (Å²) in [6, 6.07) is 7.27. The topological polar surface area (TPSA) is 35.5 Å². The molecule has 0 radical (unpaired) electrons. The lowest BCUT2D eigenvalue weighted by Gasteiger charge is -2.08. The maximum atomic E-state index is 11.9. The molecule has 1 aliphatic rings. The van der Waals surface area contributed by atoms with Gasteiger partial charge < -0.3 is 9.47 Å². The average molecular weight is 234 g/mol. The first-order chi connectivity index (χ1) is 8.29. The van der Waals surface area contributed by atoms with Crippen molar-refractivity contribution in [3.05, 3.63) is 29.8 Å². The maximum absolute atomic E-state index is 11.9. The molecule has 1 aromatic carbocycles. The van der Waals surface area contributed by atoms with Crippen LogP contribution in [0.4, 0.5) is 0 Å². The van der Waals surface area contributed by atoms with Crippen LogP contribution in [0.3, 0.4) is 0 Å². The molecule has 0 amide bonds. The van der Waals surface area contributed by atoms with Crippen molar-refractivity contribution in [2.75, 3.05) is 13.7 Å². The van der Waals surface area contributed by atoms with Crippen LogP contribution in [0, 0.1) is 0 Å². The third-order valence-corrected chi connectivity index (χ3v) is 3.13. The number of hydrogen-bond acceptors (Lipinski definition) is 3. The van der Waals surface area contributed by atoms with Gasteiger partial charge >= 0.3 is 0 Å². The highest BCUT2D eigenvalue weighted by molar-refractivity contribution is 5.96. The zero-order valence-electron chi connectivity index (χ0n) is 10.1. The molecule has 1 atom stereocenters. The predicted octanol–water partition coefficient (Wildman–Crippen LogP) is 2.84. The number of Topliss-reactive ketones (excluding diaryl/α,β-unsaturated/α-hetero) is 1. The molecule has 1 aromatic rings. The van der Waals surface area contributed by atoms with Crippen molar-refractivity contribution in [1.29, 1.82) is 0 Å².